The van der Waals surface area contributed by atoms with Crippen molar-refractivity contribution in [2.45, 2.75) is 26.3 Å². The third-order valence-corrected chi connectivity index (χ3v) is 4.07. The number of benzene rings is 1. The maximum absolute atomic E-state index is 2.31. The Morgan fingerprint density at radius 1 is 1.05 bits per heavy atom. The van der Waals surface area contributed by atoms with Crippen molar-refractivity contribution in [2.75, 3.05) is 0 Å². The van der Waals surface area contributed by atoms with Gasteiger partial charge in [0, 0.05) is 12.3 Å². The van der Waals surface area contributed by atoms with Crippen molar-refractivity contribution in [1.82, 2.24) is 9.25 Å². The summed E-state index contributed by atoms with van der Waals surface area (Å²) in [4.78, 5) is 0. The van der Waals surface area contributed by atoms with Crippen LogP contribution in [0.3, 0.4) is 0 Å². The Kier molecular flexibility index (Phi) is 2.36. The van der Waals surface area contributed by atoms with Crippen molar-refractivity contribution in [2.24, 2.45) is 0 Å². The van der Waals surface area contributed by atoms with Crippen LogP contribution in [0.1, 0.15) is 30.9 Å². The number of para-hydroxylation sites is 1. The maximum Gasteiger partial charge on any atom is 0.201 e. The Bertz CT molecular complexity index is 777. The first kappa shape index (κ1) is 11.5. The Hall–Kier alpha value is -2.29. The van der Waals surface area contributed by atoms with Crippen LogP contribution in [-0.2, 0) is 6.54 Å². The molecule has 0 amide bonds. The van der Waals surface area contributed by atoms with E-state index in [-0.39, 0.29) is 0 Å². The minimum Gasteiger partial charge on any atom is -0.298 e. The van der Waals surface area contributed by atoms with Gasteiger partial charge in [0.1, 0.15) is 0 Å². The number of fused-ring (bicyclic) bond motifs is 3. The van der Waals surface area contributed by atoms with Crippen molar-refractivity contribution in [1.29, 1.82) is 0 Å². The quantitative estimate of drug-likeness (QED) is 0.494. The molecule has 4 rings (SSSR count). The van der Waals surface area contributed by atoms with E-state index in [1.54, 1.807) is 0 Å². The predicted octanol–water partition coefficient (Wildman–Crippen LogP) is 3.04. The van der Waals surface area contributed by atoms with Crippen LogP contribution in [0.5, 0.6) is 0 Å². The molecule has 0 spiro atoms. The summed E-state index contributed by atoms with van der Waals surface area (Å²) < 4.78 is 6.78. The van der Waals surface area contributed by atoms with Gasteiger partial charge < -0.3 is 0 Å². The summed E-state index contributed by atoms with van der Waals surface area (Å²) in [5.74, 6) is 1.78. The summed E-state index contributed by atoms with van der Waals surface area (Å²) in [6, 6.07) is 13.0. The molecule has 20 heavy (non-hydrogen) atoms. The molecule has 1 aliphatic heterocycles. The highest BCUT2D eigenvalue weighted by atomic mass is 15.4. The number of hydrogen-bond donors (Lipinski definition) is 0. The molecule has 2 aromatic heterocycles. The Morgan fingerprint density at radius 2 is 1.90 bits per heavy atom. The molecule has 0 atom stereocenters. The van der Waals surface area contributed by atoms with Gasteiger partial charge in [-0.1, -0.05) is 32.0 Å². The van der Waals surface area contributed by atoms with E-state index in [9.17, 15) is 0 Å². The van der Waals surface area contributed by atoms with Gasteiger partial charge in [-0.05, 0) is 23.6 Å². The van der Waals surface area contributed by atoms with Gasteiger partial charge in [-0.2, -0.15) is 0 Å². The van der Waals surface area contributed by atoms with Crippen LogP contribution in [0.2, 0.25) is 0 Å². The minimum atomic E-state index is 0.516. The van der Waals surface area contributed by atoms with E-state index in [2.05, 4.69) is 82.8 Å². The van der Waals surface area contributed by atoms with E-state index >= 15 is 0 Å². The fraction of sp³-hybridized carbons (Fsp3) is 0.235. The van der Waals surface area contributed by atoms with Gasteiger partial charge in [-0.15, -0.1) is 9.36 Å². The molecule has 0 bridgehead atoms. The molecule has 3 heteroatoms. The van der Waals surface area contributed by atoms with Crippen LogP contribution in [0.4, 0.5) is 0 Å². The van der Waals surface area contributed by atoms with Crippen LogP contribution in [0, 0.1) is 0 Å². The van der Waals surface area contributed by atoms with Crippen LogP contribution in [0.15, 0.2) is 55.0 Å². The first-order valence-electron chi connectivity index (χ1n) is 7.12. The van der Waals surface area contributed by atoms with Gasteiger partial charge in [0.15, 0.2) is 12.0 Å². The summed E-state index contributed by atoms with van der Waals surface area (Å²) in [5, 5.41) is 0. The van der Waals surface area contributed by atoms with Crippen molar-refractivity contribution >= 4 is 0 Å². The average Bonchev–Trinajstić information content (AvgIpc) is 3.09. The second-order valence-electron chi connectivity index (χ2n) is 5.68. The van der Waals surface area contributed by atoms with E-state index in [4.69, 9.17) is 0 Å². The lowest BCUT2D eigenvalue weighted by Crippen LogP contribution is -2.36. The molecule has 1 aromatic carbocycles. The van der Waals surface area contributed by atoms with Gasteiger partial charge in [0.2, 0.25) is 6.54 Å². The molecule has 0 saturated heterocycles. The van der Waals surface area contributed by atoms with Crippen LogP contribution in [0.25, 0.3) is 11.5 Å². The summed E-state index contributed by atoms with van der Waals surface area (Å²) in [6.07, 6.45) is 6.44. The molecule has 3 aromatic rings. The van der Waals surface area contributed by atoms with Crippen molar-refractivity contribution < 1.29 is 4.68 Å². The van der Waals surface area contributed by atoms with Crippen molar-refractivity contribution in [3.63, 3.8) is 0 Å². The van der Waals surface area contributed by atoms with Gasteiger partial charge in [0.25, 0.3) is 0 Å². The smallest absolute Gasteiger partial charge is 0.201 e. The van der Waals surface area contributed by atoms with Gasteiger partial charge >= 0.3 is 0 Å². The molecule has 0 unspecified atom stereocenters. The summed E-state index contributed by atoms with van der Waals surface area (Å²) in [7, 11) is 0. The number of aromatic nitrogens is 3. The monoisotopic (exact) mass is 264 g/mol. The maximum atomic E-state index is 2.31. The Labute approximate surface area is 118 Å². The second kappa shape index (κ2) is 4.10. The molecule has 1 aliphatic rings. The lowest BCUT2D eigenvalue weighted by Gasteiger charge is -2.15. The van der Waals surface area contributed by atoms with E-state index in [1.165, 1.54) is 22.6 Å². The SMILES string of the molecule is CC(C)c1ccccc1-n1ccc2c1-n1ccc[n+]1C2. The highest BCUT2D eigenvalue weighted by Crippen LogP contribution is 2.28. The second-order valence-corrected chi connectivity index (χ2v) is 5.68. The minimum absolute atomic E-state index is 0.516. The van der Waals surface area contributed by atoms with Crippen LogP contribution < -0.4 is 4.68 Å². The molecule has 3 nitrogen and oxygen atoms in total. The van der Waals surface area contributed by atoms with Crippen molar-refractivity contribution in [3.05, 3.63) is 66.1 Å². The molecule has 100 valence electrons. The normalized spacial score (nSPS) is 12.8. The van der Waals surface area contributed by atoms with E-state index in [0.29, 0.717) is 5.92 Å². The first-order valence-corrected chi connectivity index (χ1v) is 7.12. The highest BCUT2D eigenvalue weighted by molar-refractivity contribution is 5.50. The summed E-state index contributed by atoms with van der Waals surface area (Å²) in [5.41, 5.74) is 4.05. The fourth-order valence-electron chi connectivity index (χ4n) is 3.11. The zero-order valence-electron chi connectivity index (χ0n) is 11.8. The molecular weight excluding hydrogens is 246 g/mol. The van der Waals surface area contributed by atoms with E-state index in [0.717, 1.165) is 6.54 Å². The number of nitrogens with zero attached hydrogens (tertiary/aromatic N) is 3. The predicted molar refractivity (Wildman–Crippen MR) is 78.5 cm³/mol. The third kappa shape index (κ3) is 1.49. The van der Waals surface area contributed by atoms with E-state index in [1.807, 2.05) is 0 Å². The molecule has 0 radical (unpaired) electrons. The standard InChI is InChI=1S/C17H18N3/c1-13(2)15-6-3-4-7-16(15)19-11-8-14-12-18-9-5-10-20(18)17(14)19/h3-11,13H,12H2,1-2H3/q+1. The lowest BCUT2D eigenvalue weighted by molar-refractivity contribution is -0.751. The summed E-state index contributed by atoms with van der Waals surface area (Å²) >= 11 is 0. The topological polar surface area (TPSA) is 13.7 Å². The average molecular weight is 264 g/mol. The Balaban J connectivity index is 1.95. The van der Waals surface area contributed by atoms with E-state index < -0.39 is 0 Å². The number of rotatable bonds is 2. The van der Waals surface area contributed by atoms with Crippen molar-refractivity contribution in [3.8, 4) is 11.5 Å². The molecular formula is C17H18N3+. The molecule has 0 saturated carbocycles. The summed E-state index contributed by atoms with van der Waals surface area (Å²) in [6.45, 7) is 5.45. The number of hydrogen-bond acceptors (Lipinski definition) is 0. The first-order chi connectivity index (χ1) is 9.75. The van der Waals surface area contributed by atoms with Gasteiger partial charge in [-0.3, -0.25) is 4.57 Å². The van der Waals surface area contributed by atoms with Gasteiger partial charge in [-0.25, -0.2) is 0 Å². The fourth-order valence-corrected chi connectivity index (χ4v) is 3.11. The molecule has 3 heterocycles. The largest absolute Gasteiger partial charge is 0.298 e. The molecule has 0 N–H and O–H groups in total. The third-order valence-electron chi connectivity index (χ3n) is 4.07. The zero-order chi connectivity index (χ0) is 13.7. The van der Waals surface area contributed by atoms with Crippen LogP contribution >= 0.6 is 0 Å². The lowest BCUT2D eigenvalue weighted by atomic mass is 10.0. The van der Waals surface area contributed by atoms with Gasteiger partial charge in [0.05, 0.1) is 17.4 Å². The zero-order valence-corrected chi connectivity index (χ0v) is 11.8. The molecule has 0 aliphatic carbocycles. The Morgan fingerprint density at radius 3 is 2.75 bits per heavy atom. The van der Waals surface area contributed by atoms with Crippen LogP contribution in [-0.4, -0.2) is 9.25 Å². The molecule has 0 fully saturated rings. The highest BCUT2D eigenvalue weighted by Gasteiger charge is 2.28.